The lowest BCUT2D eigenvalue weighted by atomic mass is 10.1. The fourth-order valence-electron chi connectivity index (χ4n) is 3.60. The third kappa shape index (κ3) is 4.02. The van der Waals surface area contributed by atoms with Gasteiger partial charge in [-0.15, -0.1) is 0 Å². The van der Waals surface area contributed by atoms with Crippen molar-refractivity contribution in [1.29, 1.82) is 0 Å². The van der Waals surface area contributed by atoms with Gasteiger partial charge in [0.1, 0.15) is 0 Å². The molecule has 28 heavy (non-hydrogen) atoms. The Hall–Kier alpha value is -2.85. The van der Waals surface area contributed by atoms with E-state index >= 15 is 0 Å². The zero-order valence-corrected chi connectivity index (χ0v) is 16.4. The number of aromatic nitrogens is 1. The number of methoxy groups -OCH3 is 1. The number of nitrogens with zero attached hydrogens (tertiary/aromatic N) is 1. The smallest absolute Gasteiger partial charge is 0.309 e. The van der Waals surface area contributed by atoms with Crippen LogP contribution in [0, 0.1) is 0 Å². The Balaban J connectivity index is 1.68. The SMILES string of the molecule is COC(=O)Cc1cccc(Nc2cc(-c3cccc(Cl)c3)nc3c2CCC3)c1. The quantitative estimate of drug-likeness (QED) is 0.594. The van der Waals surface area contributed by atoms with Gasteiger partial charge in [0.2, 0.25) is 0 Å². The van der Waals surface area contributed by atoms with Gasteiger partial charge < -0.3 is 10.1 Å². The number of benzene rings is 2. The minimum atomic E-state index is -0.245. The average Bonchev–Trinajstić information content (AvgIpc) is 3.17. The molecule has 3 aromatic rings. The lowest BCUT2D eigenvalue weighted by molar-refractivity contribution is -0.139. The Labute approximate surface area is 169 Å². The van der Waals surface area contributed by atoms with Crippen LogP contribution in [0.3, 0.4) is 0 Å². The van der Waals surface area contributed by atoms with Gasteiger partial charge in [0.15, 0.2) is 0 Å². The number of esters is 1. The molecule has 0 saturated carbocycles. The van der Waals surface area contributed by atoms with Crippen molar-refractivity contribution in [3.63, 3.8) is 0 Å². The van der Waals surface area contributed by atoms with Crippen LogP contribution in [-0.4, -0.2) is 18.1 Å². The second-order valence-corrected chi connectivity index (χ2v) is 7.36. The number of pyridine rings is 1. The highest BCUT2D eigenvalue weighted by Gasteiger charge is 2.19. The number of carbonyl (C=O) groups excluding carboxylic acids is 1. The highest BCUT2D eigenvalue weighted by molar-refractivity contribution is 6.30. The standard InChI is InChI=1S/C23H21ClN2O2/c1-28-23(27)12-15-5-2-8-18(11-15)25-22-14-21(16-6-3-7-17(24)13-16)26-20-10-4-9-19(20)22/h2-3,5-8,11,13-14H,4,9-10,12H2,1H3,(H,25,26). The van der Waals surface area contributed by atoms with Crippen molar-refractivity contribution in [3.8, 4) is 11.3 Å². The van der Waals surface area contributed by atoms with Gasteiger partial charge in [-0.3, -0.25) is 9.78 Å². The van der Waals surface area contributed by atoms with E-state index in [1.165, 1.54) is 12.7 Å². The van der Waals surface area contributed by atoms with E-state index in [1.54, 1.807) is 0 Å². The van der Waals surface area contributed by atoms with Gasteiger partial charge in [-0.25, -0.2) is 0 Å². The van der Waals surface area contributed by atoms with Gasteiger partial charge in [-0.1, -0.05) is 35.9 Å². The molecule has 0 aliphatic heterocycles. The molecule has 0 saturated heterocycles. The van der Waals surface area contributed by atoms with Crippen LogP contribution in [-0.2, 0) is 28.8 Å². The molecule has 4 nitrogen and oxygen atoms in total. The van der Waals surface area contributed by atoms with Crippen LogP contribution in [0.5, 0.6) is 0 Å². The van der Waals surface area contributed by atoms with E-state index in [0.717, 1.165) is 53.2 Å². The highest BCUT2D eigenvalue weighted by atomic mass is 35.5. The van der Waals surface area contributed by atoms with E-state index in [0.29, 0.717) is 5.02 Å². The van der Waals surface area contributed by atoms with Crippen molar-refractivity contribution in [2.45, 2.75) is 25.7 Å². The summed E-state index contributed by atoms with van der Waals surface area (Å²) in [5.41, 5.74) is 7.25. The zero-order valence-electron chi connectivity index (χ0n) is 15.7. The Morgan fingerprint density at radius 1 is 1.14 bits per heavy atom. The number of hydrogen-bond donors (Lipinski definition) is 1. The summed E-state index contributed by atoms with van der Waals surface area (Å²) in [6, 6.07) is 17.7. The molecule has 4 rings (SSSR count). The Bertz CT molecular complexity index is 1030. The zero-order chi connectivity index (χ0) is 19.5. The number of anilines is 2. The molecule has 1 aromatic heterocycles. The van der Waals surface area contributed by atoms with Crippen molar-refractivity contribution in [1.82, 2.24) is 4.98 Å². The maximum Gasteiger partial charge on any atom is 0.309 e. The summed E-state index contributed by atoms with van der Waals surface area (Å²) in [6.45, 7) is 0. The second-order valence-electron chi connectivity index (χ2n) is 6.92. The first-order valence-corrected chi connectivity index (χ1v) is 9.71. The number of fused-ring (bicyclic) bond motifs is 1. The van der Waals surface area contributed by atoms with Crippen LogP contribution in [0.25, 0.3) is 11.3 Å². The molecule has 0 bridgehead atoms. The van der Waals surface area contributed by atoms with Crippen LogP contribution in [0.15, 0.2) is 54.6 Å². The molecule has 0 radical (unpaired) electrons. The molecule has 0 fully saturated rings. The molecule has 1 aliphatic carbocycles. The lowest BCUT2D eigenvalue weighted by Gasteiger charge is -2.14. The van der Waals surface area contributed by atoms with E-state index in [-0.39, 0.29) is 12.4 Å². The minimum absolute atomic E-state index is 0.245. The number of carbonyl (C=O) groups is 1. The van der Waals surface area contributed by atoms with E-state index in [9.17, 15) is 4.79 Å². The van der Waals surface area contributed by atoms with Gasteiger partial charge in [0.25, 0.3) is 0 Å². The number of ether oxygens (including phenoxy) is 1. The predicted molar refractivity (Wildman–Crippen MR) is 112 cm³/mol. The molecule has 0 atom stereocenters. The summed E-state index contributed by atoms with van der Waals surface area (Å²) in [4.78, 5) is 16.4. The minimum Gasteiger partial charge on any atom is -0.469 e. The Morgan fingerprint density at radius 2 is 2.00 bits per heavy atom. The van der Waals surface area contributed by atoms with Crippen molar-refractivity contribution in [2.75, 3.05) is 12.4 Å². The Morgan fingerprint density at radius 3 is 2.82 bits per heavy atom. The molecule has 0 unspecified atom stereocenters. The maximum atomic E-state index is 11.6. The summed E-state index contributed by atoms with van der Waals surface area (Å²) in [5, 5.41) is 4.23. The van der Waals surface area contributed by atoms with Crippen molar-refractivity contribution < 1.29 is 9.53 Å². The summed E-state index contributed by atoms with van der Waals surface area (Å²) in [6.07, 6.45) is 3.37. The molecule has 1 heterocycles. The third-order valence-corrected chi connectivity index (χ3v) is 5.19. The van der Waals surface area contributed by atoms with E-state index < -0.39 is 0 Å². The van der Waals surface area contributed by atoms with Gasteiger partial charge in [-0.2, -0.15) is 0 Å². The van der Waals surface area contributed by atoms with Gasteiger partial charge >= 0.3 is 5.97 Å². The van der Waals surface area contributed by atoms with Crippen molar-refractivity contribution >= 4 is 28.9 Å². The van der Waals surface area contributed by atoms with Crippen LogP contribution in [0.2, 0.25) is 5.02 Å². The molecule has 142 valence electrons. The van der Waals surface area contributed by atoms with Crippen molar-refractivity contribution in [3.05, 3.63) is 76.4 Å². The molecular formula is C23H21ClN2O2. The summed E-state index contributed by atoms with van der Waals surface area (Å²) < 4.78 is 4.77. The third-order valence-electron chi connectivity index (χ3n) is 4.95. The molecular weight excluding hydrogens is 372 g/mol. The summed E-state index contributed by atoms with van der Waals surface area (Å²) in [7, 11) is 1.40. The largest absolute Gasteiger partial charge is 0.469 e. The second kappa shape index (κ2) is 8.03. The first kappa shape index (κ1) is 18.5. The molecule has 2 aromatic carbocycles. The molecule has 1 N–H and O–H groups in total. The first-order chi connectivity index (χ1) is 13.6. The number of nitrogens with one attached hydrogen (secondary N) is 1. The predicted octanol–water partition coefficient (Wildman–Crippen LogP) is 5.35. The number of hydrogen-bond acceptors (Lipinski definition) is 4. The number of halogens is 1. The average molecular weight is 393 g/mol. The van der Waals surface area contributed by atoms with Gasteiger partial charge in [0.05, 0.1) is 19.2 Å². The van der Waals surface area contributed by atoms with Crippen LogP contribution in [0.4, 0.5) is 11.4 Å². The summed E-state index contributed by atoms with van der Waals surface area (Å²) in [5.74, 6) is -0.245. The number of rotatable bonds is 5. The van der Waals surface area contributed by atoms with E-state index in [4.69, 9.17) is 21.3 Å². The van der Waals surface area contributed by atoms with E-state index in [1.807, 2.05) is 48.5 Å². The lowest BCUT2D eigenvalue weighted by Crippen LogP contribution is -2.05. The number of aryl methyl sites for hydroxylation is 1. The van der Waals surface area contributed by atoms with Gasteiger partial charge in [-0.05, 0) is 60.7 Å². The first-order valence-electron chi connectivity index (χ1n) is 9.34. The fraction of sp³-hybridized carbons (Fsp3) is 0.217. The molecule has 0 amide bonds. The fourth-order valence-corrected chi connectivity index (χ4v) is 3.79. The molecule has 0 spiro atoms. The van der Waals surface area contributed by atoms with Gasteiger partial charge in [0, 0.05) is 27.7 Å². The van der Waals surface area contributed by atoms with Crippen molar-refractivity contribution in [2.24, 2.45) is 0 Å². The van der Waals surface area contributed by atoms with Crippen LogP contribution in [0.1, 0.15) is 23.2 Å². The maximum absolute atomic E-state index is 11.6. The van der Waals surface area contributed by atoms with Crippen LogP contribution >= 0.6 is 11.6 Å². The topological polar surface area (TPSA) is 51.2 Å². The monoisotopic (exact) mass is 392 g/mol. The summed E-state index contributed by atoms with van der Waals surface area (Å²) >= 11 is 6.17. The molecule has 1 aliphatic rings. The molecule has 5 heteroatoms. The van der Waals surface area contributed by atoms with Crippen LogP contribution < -0.4 is 5.32 Å². The Kier molecular flexibility index (Phi) is 5.31. The van der Waals surface area contributed by atoms with E-state index in [2.05, 4.69) is 11.4 Å². The highest BCUT2D eigenvalue weighted by Crippen LogP contribution is 2.34. The normalized spacial score (nSPS) is 12.5.